The quantitative estimate of drug-likeness (QED) is 0.735. The van der Waals surface area contributed by atoms with E-state index in [2.05, 4.69) is 22.0 Å². The summed E-state index contributed by atoms with van der Waals surface area (Å²) in [5.41, 5.74) is 2.14. The van der Waals surface area contributed by atoms with Crippen LogP contribution >= 0.6 is 0 Å². The number of aromatic amines is 1. The molecule has 4 rings (SSSR count). The van der Waals surface area contributed by atoms with E-state index >= 15 is 0 Å². The lowest BCUT2D eigenvalue weighted by molar-refractivity contribution is 0.0983. The van der Waals surface area contributed by atoms with Crippen LogP contribution in [0.25, 0.3) is 17.1 Å². The van der Waals surface area contributed by atoms with Gasteiger partial charge < -0.3 is 9.64 Å². The Morgan fingerprint density at radius 1 is 1.22 bits per heavy atom. The van der Waals surface area contributed by atoms with Crippen LogP contribution in [0.4, 0.5) is 5.82 Å². The van der Waals surface area contributed by atoms with Crippen LogP contribution in [0.2, 0.25) is 0 Å². The summed E-state index contributed by atoms with van der Waals surface area (Å²) in [6, 6.07) is 10.8. The molecule has 142 valence electrons. The molecule has 1 unspecified atom stereocenters. The minimum Gasteiger partial charge on any atom is -0.377 e. The molecule has 1 aliphatic heterocycles. The van der Waals surface area contributed by atoms with Gasteiger partial charge in [0.2, 0.25) is 0 Å². The van der Waals surface area contributed by atoms with Crippen molar-refractivity contribution in [3.8, 4) is 17.1 Å². The predicted molar refractivity (Wildman–Crippen MR) is 102 cm³/mol. The summed E-state index contributed by atoms with van der Waals surface area (Å²) >= 11 is 0. The number of nitrogens with zero attached hydrogens (tertiary/aromatic N) is 4. The third-order valence-electron chi connectivity index (χ3n) is 4.61. The van der Waals surface area contributed by atoms with Gasteiger partial charge in [-0.15, -0.1) is 0 Å². The van der Waals surface area contributed by atoms with E-state index in [-0.39, 0.29) is 10.9 Å². The Morgan fingerprint density at radius 3 is 2.78 bits per heavy atom. The van der Waals surface area contributed by atoms with Crippen LogP contribution in [0.15, 0.2) is 47.5 Å². The number of H-pyrrole nitrogens is 1. The first kappa shape index (κ1) is 17.7. The van der Waals surface area contributed by atoms with Crippen LogP contribution < -0.4 is 4.90 Å². The number of ether oxygens (including phenoxy) is 1. The number of morpholine rings is 1. The number of sulfone groups is 1. The van der Waals surface area contributed by atoms with Gasteiger partial charge in [-0.1, -0.05) is 6.07 Å². The molecule has 0 aliphatic carbocycles. The monoisotopic (exact) mass is 387 g/mol. The van der Waals surface area contributed by atoms with Gasteiger partial charge in [-0.05, 0) is 31.2 Å². The second kappa shape index (κ2) is 6.82. The molecule has 0 radical (unpaired) electrons. The van der Waals surface area contributed by atoms with Crippen molar-refractivity contribution >= 4 is 15.7 Å². The Morgan fingerprint density at radius 2 is 2.07 bits per heavy atom. The van der Waals surface area contributed by atoms with Gasteiger partial charge in [0.05, 0.1) is 29.8 Å². The van der Waals surface area contributed by atoms with Gasteiger partial charge >= 0.3 is 0 Å². The molecule has 3 heterocycles. The summed E-state index contributed by atoms with van der Waals surface area (Å²) in [6.45, 7) is 4.10. The van der Waals surface area contributed by atoms with Crippen LogP contribution in [0.5, 0.6) is 0 Å². The number of nitrogens with one attached hydrogen (secondary N) is 1. The Kier molecular flexibility index (Phi) is 4.48. The molecule has 1 aromatic carbocycles. The first-order chi connectivity index (χ1) is 12.9. The molecule has 2 aromatic heterocycles. The van der Waals surface area contributed by atoms with E-state index in [1.165, 1.54) is 6.26 Å². The van der Waals surface area contributed by atoms with Gasteiger partial charge in [-0.3, -0.25) is 5.10 Å². The smallest absolute Gasteiger partial charge is 0.175 e. The summed E-state index contributed by atoms with van der Waals surface area (Å²) in [5, 5.41) is 11.7. The maximum absolute atomic E-state index is 12.0. The highest BCUT2D eigenvalue weighted by Crippen LogP contribution is 2.29. The van der Waals surface area contributed by atoms with Crippen molar-refractivity contribution in [3.63, 3.8) is 0 Å². The maximum Gasteiger partial charge on any atom is 0.175 e. The lowest BCUT2D eigenvalue weighted by atomic mass is 10.2. The SMILES string of the molecule is CC1COCCN1c1cc(-c2cc[nH]n2)nn1-c1cccc(S(C)(=O)=O)c1. The van der Waals surface area contributed by atoms with Gasteiger partial charge in [0.25, 0.3) is 0 Å². The molecule has 1 fully saturated rings. The lowest BCUT2D eigenvalue weighted by Gasteiger charge is -2.35. The molecule has 27 heavy (non-hydrogen) atoms. The molecule has 0 bridgehead atoms. The number of aromatic nitrogens is 4. The molecule has 1 aliphatic rings. The molecule has 3 aromatic rings. The Hall–Kier alpha value is -2.65. The van der Waals surface area contributed by atoms with Gasteiger partial charge in [-0.2, -0.15) is 10.2 Å². The van der Waals surface area contributed by atoms with Crippen molar-refractivity contribution in [1.29, 1.82) is 0 Å². The normalized spacial score (nSPS) is 18.0. The van der Waals surface area contributed by atoms with Gasteiger partial charge in [-0.25, -0.2) is 13.1 Å². The van der Waals surface area contributed by atoms with Gasteiger partial charge in [0.1, 0.15) is 17.2 Å². The van der Waals surface area contributed by atoms with Crippen molar-refractivity contribution < 1.29 is 13.2 Å². The van der Waals surface area contributed by atoms with Gasteiger partial charge in [0, 0.05) is 25.1 Å². The average Bonchev–Trinajstić information content (AvgIpc) is 3.31. The number of hydrogen-bond donors (Lipinski definition) is 1. The number of hydrogen-bond acceptors (Lipinski definition) is 6. The highest BCUT2D eigenvalue weighted by molar-refractivity contribution is 7.90. The molecule has 1 saturated heterocycles. The zero-order valence-electron chi connectivity index (χ0n) is 15.2. The molecular formula is C18H21N5O3S. The molecular weight excluding hydrogens is 366 g/mol. The summed E-state index contributed by atoms with van der Waals surface area (Å²) in [7, 11) is -3.31. The molecule has 0 amide bonds. The number of anilines is 1. The summed E-state index contributed by atoms with van der Waals surface area (Å²) in [5.74, 6) is 0.884. The summed E-state index contributed by atoms with van der Waals surface area (Å²) < 4.78 is 31.3. The number of benzene rings is 1. The highest BCUT2D eigenvalue weighted by Gasteiger charge is 2.25. The van der Waals surface area contributed by atoms with E-state index in [0.29, 0.717) is 18.9 Å². The topological polar surface area (TPSA) is 93.1 Å². The second-order valence-corrected chi connectivity index (χ2v) is 8.66. The third-order valence-corrected chi connectivity index (χ3v) is 5.72. The standard InChI is InChI=1S/C18H21N5O3S/c1-13-12-26-9-8-22(13)18-11-17(16-6-7-19-20-16)21-23(18)14-4-3-5-15(10-14)27(2,24)25/h3-7,10-11,13H,8-9,12H2,1-2H3,(H,19,20). The Bertz CT molecular complexity index is 1040. The predicted octanol–water partition coefficient (Wildman–Crippen LogP) is 1.89. The van der Waals surface area contributed by atoms with Crippen LogP contribution in [-0.4, -0.2) is 60.5 Å². The molecule has 9 heteroatoms. The van der Waals surface area contributed by atoms with Crippen molar-refractivity contribution in [2.75, 3.05) is 30.9 Å². The van der Waals surface area contributed by atoms with Crippen LogP contribution in [-0.2, 0) is 14.6 Å². The van der Waals surface area contributed by atoms with E-state index < -0.39 is 9.84 Å². The van der Waals surface area contributed by atoms with E-state index in [1.807, 2.05) is 18.2 Å². The minimum atomic E-state index is -3.31. The second-order valence-electron chi connectivity index (χ2n) is 6.65. The van der Waals surface area contributed by atoms with Crippen LogP contribution in [0.1, 0.15) is 6.92 Å². The van der Waals surface area contributed by atoms with Crippen LogP contribution in [0, 0.1) is 0 Å². The maximum atomic E-state index is 12.0. The highest BCUT2D eigenvalue weighted by atomic mass is 32.2. The fourth-order valence-corrected chi connectivity index (χ4v) is 3.87. The first-order valence-electron chi connectivity index (χ1n) is 8.68. The molecule has 0 saturated carbocycles. The minimum absolute atomic E-state index is 0.180. The number of rotatable bonds is 4. The molecule has 1 N–H and O–H groups in total. The van der Waals surface area contributed by atoms with E-state index in [4.69, 9.17) is 9.84 Å². The zero-order valence-corrected chi connectivity index (χ0v) is 16.0. The molecule has 1 atom stereocenters. The largest absolute Gasteiger partial charge is 0.377 e. The zero-order chi connectivity index (χ0) is 19.0. The summed E-state index contributed by atoms with van der Waals surface area (Å²) in [6.07, 6.45) is 2.95. The van der Waals surface area contributed by atoms with Crippen molar-refractivity contribution in [3.05, 3.63) is 42.6 Å². The fraction of sp³-hybridized carbons (Fsp3) is 0.333. The van der Waals surface area contributed by atoms with E-state index in [9.17, 15) is 8.42 Å². The Balaban J connectivity index is 1.86. The lowest BCUT2D eigenvalue weighted by Crippen LogP contribution is -2.44. The van der Waals surface area contributed by atoms with Crippen molar-refractivity contribution in [2.45, 2.75) is 17.9 Å². The van der Waals surface area contributed by atoms with Gasteiger partial charge in [0.15, 0.2) is 9.84 Å². The van der Waals surface area contributed by atoms with Crippen LogP contribution in [0.3, 0.4) is 0 Å². The summed E-state index contributed by atoms with van der Waals surface area (Å²) in [4.78, 5) is 2.48. The fourth-order valence-electron chi connectivity index (χ4n) is 3.21. The van der Waals surface area contributed by atoms with Crippen molar-refractivity contribution in [2.24, 2.45) is 0 Å². The van der Waals surface area contributed by atoms with E-state index in [1.54, 1.807) is 29.1 Å². The first-order valence-corrected chi connectivity index (χ1v) is 10.6. The molecule has 0 spiro atoms. The molecule has 8 nitrogen and oxygen atoms in total. The third kappa shape index (κ3) is 3.47. The average molecular weight is 387 g/mol. The van der Waals surface area contributed by atoms with Crippen molar-refractivity contribution in [1.82, 2.24) is 20.0 Å². The Labute approximate surface area is 157 Å². The van der Waals surface area contributed by atoms with E-state index in [0.717, 1.165) is 23.8 Å².